The maximum Gasteiger partial charge on any atom is 0.225 e. The molecule has 1 amide bonds. The van der Waals surface area contributed by atoms with E-state index in [2.05, 4.69) is 12.1 Å². The van der Waals surface area contributed by atoms with Crippen molar-refractivity contribution in [1.82, 2.24) is 4.90 Å². The molecule has 2 N–H and O–H groups in total. The molecular formula is C16H25ClN2O. The lowest BCUT2D eigenvalue weighted by molar-refractivity contribution is -0.136. The van der Waals surface area contributed by atoms with E-state index in [-0.39, 0.29) is 18.3 Å². The fourth-order valence-corrected chi connectivity index (χ4v) is 2.78. The number of halogens is 1. The summed E-state index contributed by atoms with van der Waals surface area (Å²) in [6.07, 6.45) is 5.41. The minimum absolute atomic E-state index is 0. The van der Waals surface area contributed by atoms with E-state index in [9.17, 15) is 4.79 Å². The molecule has 1 saturated carbocycles. The van der Waals surface area contributed by atoms with Gasteiger partial charge in [-0.1, -0.05) is 43.2 Å². The van der Waals surface area contributed by atoms with Gasteiger partial charge in [0.05, 0.1) is 0 Å². The molecule has 3 nitrogen and oxygen atoms in total. The Morgan fingerprint density at radius 2 is 1.85 bits per heavy atom. The highest BCUT2D eigenvalue weighted by molar-refractivity contribution is 5.85. The minimum Gasteiger partial charge on any atom is -0.338 e. The molecule has 1 aromatic rings. The summed E-state index contributed by atoms with van der Waals surface area (Å²) < 4.78 is 0. The van der Waals surface area contributed by atoms with Crippen molar-refractivity contribution >= 4 is 18.3 Å². The first-order valence-corrected chi connectivity index (χ1v) is 7.34. The van der Waals surface area contributed by atoms with Gasteiger partial charge in [0.2, 0.25) is 5.91 Å². The van der Waals surface area contributed by atoms with Crippen molar-refractivity contribution in [2.45, 2.75) is 38.6 Å². The van der Waals surface area contributed by atoms with Crippen LogP contribution in [0.2, 0.25) is 0 Å². The summed E-state index contributed by atoms with van der Waals surface area (Å²) in [5.74, 6) is 0.580. The van der Waals surface area contributed by atoms with Crippen molar-refractivity contribution in [3.05, 3.63) is 35.9 Å². The number of hydrogen-bond donors (Lipinski definition) is 1. The van der Waals surface area contributed by atoms with Gasteiger partial charge in [-0.3, -0.25) is 4.79 Å². The van der Waals surface area contributed by atoms with Crippen molar-refractivity contribution in [3.63, 3.8) is 0 Å². The summed E-state index contributed by atoms with van der Waals surface area (Å²) in [5.41, 5.74) is 6.79. The molecule has 20 heavy (non-hydrogen) atoms. The van der Waals surface area contributed by atoms with Crippen molar-refractivity contribution < 1.29 is 4.79 Å². The van der Waals surface area contributed by atoms with Crippen LogP contribution in [0.1, 0.15) is 37.7 Å². The SMILES string of the molecule is Cl.NCCCN(Cc1ccccc1)C(=O)C1CCCC1. The third-order valence-electron chi connectivity index (χ3n) is 3.86. The highest BCUT2D eigenvalue weighted by atomic mass is 35.5. The predicted octanol–water partition coefficient (Wildman–Crippen LogP) is 2.98. The largest absolute Gasteiger partial charge is 0.338 e. The number of amides is 1. The van der Waals surface area contributed by atoms with Gasteiger partial charge in [0.25, 0.3) is 0 Å². The molecule has 1 fully saturated rings. The Morgan fingerprint density at radius 3 is 2.45 bits per heavy atom. The van der Waals surface area contributed by atoms with Gasteiger partial charge in [-0.25, -0.2) is 0 Å². The molecule has 0 unspecified atom stereocenters. The van der Waals surface area contributed by atoms with Crippen molar-refractivity contribution in [2.24, 2.45) is 11.7 Å². The van der Waals surface area contributed by atoms with E-state index in [1.54, 1.807) is 0 Å². The summed E-state index contributed by atoms with van der Waals surface area (Å²) in [4.78, 5) is 14.5. The molecule has 1 aromatic carbocycles. The highest BCUT2D eigenvalue weighted by Crippen LogP contribution is 2.27. The van der Waals surface area contributed by atoms with Crippen molar-refractivity contribution in [1.29, 1.82) is 0 Å². The molecule has 0 spiro atoms. The van der Waals surface area contributed by atoms with Gasteiger partial charge in [0.1, 0.15) is 0 Å². The van der Waals surface area contributed by atoms with Gasteiger partial charge in [0.15, 0.2) is 0 Å². The van der Waals surface area contributed by atoms with Gasteiger partial charge < -0.3 is 10.6 Å². The first-order chi connectivity index (χ1) is 9.31. The van der Waals surface area contributed by atoms with Crippen molar-refractivity contribution in [3.8, 4) is 0 Å². The molecule has 0 aromatic heterocycles. The Morgan fingerprint density at radius 1 is 1.20 bits per heavy atom. The van der Waals surface area contributed by atoms with Crippen LogP contribution in [-0.2, 0) is 11.3 Å². The van der Waals surface area contributed by atoms with Crippen LogP contribution in [-0.4, -0.2) is 23.9 Å². The van der Waals surface area contributed by atoms with Crippen LogP contribution in [0.3, 0.4) is 0 Å². The Balaban J connectivity index is 0.00000200. The van der Waals surface area contributed by atoms with Crippen molar-refractivity contribution in [2.75, 3.05) is 13.1 Å². The molecule has 0 saturated heterocycles. The molecule has 0 heterocycles. The molecule has 1 aliphatic rings. The zero-order valence-corrected chi connectivity index (χ0v) is 12.8. The zero-order chi connectivity index (χ0) is 13.5. The number of benzene rings is 1. The predicted molar refractivity (Wildman–Crippen MR) is 84.7 cm³/mol. The van der Waals surface area contributed by atoms with Gasteiger partial charge in [-0.15, -0.1) is 12.4 Å². The average molecular weight is 297 g/mol. The summed E-state index contributed by atoms with van der Waals surface area (Å²) in [5, 5.41) is 0. The van der Waals surface area contributed by atoms with E-state index in [1.807, 2.05) is 23.1 Å². The molecule has 112 valence electrons. The van der Waals surface area contributed by atoms with E-state index in [1.165, 1.54) is 18.4 Å². The van der Waals surface area contributed by atoms with E-state index >= 15 is 0 Å². The lowest BCUT2D eigenvalue weighted by Crippen LogP contribution is -2.36. The van der Waals surface area contributed by atoms with Crippen LogP contribution in [0.5, 0.6) is 0 Å². The lowest BCUT2D eigenvalue weighted by atomic mass is 10.1. The van der Waals surface area contributed by atoms with Crippen LogP contribution >= 0.6 is 12.4 Å². The zero-order valence-electron chi connectivity index (χ0n) is 12.0. The second-order valence-corrected chi connectivity index (χ2v) is 5.37. The third kappa shape index (κ3) is 4.80. The first kappa shape index (κ1) is 17.0. The first-order valence-electron chi connectivity index (χ1n) is 7.34. The number of nitrogens with zero attached hydrogens (tertiary/aromatic N) is 1. The highest BCUT2D eigenvalue weighted by Gasteiger charge is 2.26. The molecule has 0 bridgehead atoms. The molecule has 0 aliphatic heterocycles. The van der Waals surface area contributed by atoms with Crippen LogP contribution in [0.4, 0.5) is 0 Å². The van der Waals surface area contributed by atoms with E-state index < -0.39 is 0 Å². The minimum atomic E-state index is 0. The fraction of sp³-hybridized carbons (Fsp3) is 0.562. The average Bonchev–Trinajstić information content (AvgIpc) is 2.98. The molecule has 0 radical (unpaired) electrons. The second-order valence-electron chi connectivity index (χ2n) is 5.37. The topological polar surface area (TPSA) is 46.3 Å². The van der Waals surface area contributed by atoms with Gasteiger partial charge in [0, 0.05) is 19.0 Å². The maximum atomic E-state index is 12.5. The fourth-order valence-electron chi connectivity index (χ4n) is 2.78. The molecule has 0 atom stereocenters. The van der Waals surface area contributed by atoms with Crippen LogP contribution < -0.4 is 5.73 Å². The molecule has 2 rings (SSSR count). The second kappa shape index (κ2) is 8.98. The lowest BCUT2D eigenvalue weighted by Gasteiger charge is -2.25. The van der Waals surface area contributed by atoms with E-state index in [4.69, 9.17) is 5.73 Å². The summed E-state index contributed by atoms with van der Waals surface area (Å²) in [6.45, 7) is 2.14. The molecular weight excluding hydrogens is 272 g/mol. The number of hydrogen-bond acceptors (Lipinski definition) is 2. The smallest absolute Gasteiger partial charge is 0.225 e. The number of nitrogens with two attached hydrogens (primary N) is 1. The normalized spacial score (nSPS) is 14.8. The Bertz CT molecular complexity index is 391. The molecule has 1 aliphatic carbocycles. The maximum absolute atomic E-state index is 12.5. The number of rotatable bonds is 6. The Labute approximate surface area is 127 Å². The monoisotopic (exact) mass is 296 g/mol. The Kier molecular flexibility index (Phi) is 7.63. The van der Waals surface area contributed by atoms with Gasteiger partial charge in [-0.05, 0) is 31.4 Å². The number of carbonyl (C=O) groups is 1. The third-order valence-corrected chi connectivity index (χ3v) is 3.86. The quantitative estimate of drug-likeness (QED) is 0.877. The summed E-state index contributed by atoms with van der Waals surface area (Å²) in [6, 6.07) is 10.2. The Hall–Kier alpha value is -1.06. The van der Waals surface area contributed by atoms with Gasteiger partial charge in [-0.2, -0.15) is 0 Å². The standard InChI is InChI=1S/C16H24N2O.ClH/c17-11-6-12-18(13-14-7-2-1-3-8-14)16(19)15-9-4-5-10-15;/h1-3,7-8,15H,4-6,9-13,17H2;1H. The number of carbonyl (C=O) groups excluding carboxylic acids is 1. The summed E-state index contributed by atoms with van der Waals surface area (Å²) in [7, 11) is 0. The van der Waals surface area contributed by atoms with Crippen LogP contribution in [0, 0.1) is 5.92 Å². The van der Waals surface area contributed by atoms with E-state index in [0.29, 0.717) is 12.5 Å². The van der Waals surface area contributed by atoms with Crippen LogP contribution in [0.25, 0.3) is 0 Å². The van der Waals surface area contributed by atoms with E-state index in [0.717, 1.165) is 32.4 Å². The van der Waals surface area contributed by atoms with Crippen LogP contribution in [0.15, 0.2) is 30.3 Å². The van der Waals surface area contributed by atoms with Gasteiger partial charge >= 0.3 is 0 Å². The summed E-state index contributed by atoms with van der Waals surface area (Å²) >= 11 is 0. The molecule has 4 heteroatoms.